The van der Waals surface area contributed by atoms with Gasteiger partial charge in [-0.1, -0.05) is 41.0 Å². The number of benzene rings is 2. The van der Waals surface area contributed by atoms with Gasteiger partial charge in [0.05, 0.1) is 10.6 Å². The molecular weight excluding hydrogens is 432 g/mol. The quantitative estimate of drug-likeness (QED) is 0.513. The van der Waals surface area contributed by atoms with Crippen LogP contribution in [0.4, 0.5) is 0 Å². The Morgan fingerprint density at radius 1 is 1.03 bits per heavy atom. The van der Waals surface area contributed by atoms with Crippen molar-refractivity contribution in [1.29, 1.82) is 0 Å². The molecule has 1 amide bonds. The van der Waals surface area contributed by atoms with Gasteiger partial charge >= 0.3 is 0 Å². The minimum absolute atomic E-state index is 0.0446. The van der Waals surface area contributed by atoms with Gasteiger partial charge in [-0.3, -0.25) is 9.69 Å². The number of rotatable bonds is 8. The van der Waals surface area contributed by atoms with Crippen LogP contribution >= 0.6 is 11.6 Å². The maximum absolute atomic E-state index is 13.1. The number of carbonyl (C=O) groups excluding carboxylic acids is 1. The molecule has 0 radical (unpaired) electrons. The number of aryl methyl sites for hydroxylation is 1. The first kappa shape index (κ1) is 22.1. The van der Waals surface area contributed by atoms with Gasteiger partial charge in [0.25, 0.3) is 5.91 Å². The third-order valence-corrected chi connectivity index (χ3v) is 5.52. The Morgan fingerprint density at radius 2 is 1.75 bits per heavy atom. The van der Waals surface area contributed by atoms with Crippen LogP contribution in [0, 0.1) is 6.92 Å². The highest BCUT2D eigenvalue weighted by Gasteiger charge is 2.24. The summed E-state index contributed by atoms with van der Waals surface area (Å²) in [5.41, 5.74) is 0.531. The van der Waals surface area contributed by atoms with Crippen molar-refractivity contribution in [2.24, 2.45) is 0 Å². The number of piperazine rings is 1. The van der Waals surface area contributed by atoms with Crippen LogP contribution in [-0.4, -0.2) is 65.2 Å². The summed E-state index contributed by atoms with van der Waals surface area (Å²) >= 11 is 6.12. The molecule has 32 heavy (non-hydrogen) atoms. The van der Waals surface area contributed by atoms with Crippen molar-refractivity contribution < 1.29 is 18.8 Å². The van der Waals surface area contributed by atoms with E-state index < -0.39 is 0 Å². The summed E-state index contributed by atoms with van der Waals surface area (Å²) < 4.78 is 16.5. The van der Waals surface area contributed by atoms with E-state index >= 15 is 0 Å². The van der Waals surface area contributed by atoms with Crippen LogP contribution in [0.2, 0.25) is 5.02 Å². The zero-order chi connectivity index (χ0) is 22.3. The van der Waals surface area contributed by atoms with Gasteiger partial charge in [0, 0.05) is 39.6 Å². The normalized spacial score (nSPS) is 14.4. The lowest BCUT2D eigenvalue weighted by Gasteiger charge is -2.34. The van der Waals surface area contributed by atoms with Gasteiger partial charge in [-0.25, -0.2) is 0 Å². The molecule has 2 aromatic carbocycles. The molecule has 168 valence electrons. The SMILES string of the molecule is Cc1nc(COc2ccccc2C(=O)N2CCN(CCOc3ccccc3Cl)CC2)no1. The minimum atomic E-state index is -0.0446. The van der Waals surface area contributed by atoms with Crippen LogP contribution in [-0.2, 0) is 6.61 Å². The van der Waals surface area contributed by atoms with Crippen LogP contribution in [0.5, 0.6) is 11.5 Å². The van der Waals surface area contributed by atoms with Crippen LogP contribution in [0.1, 0.15) is 22.1 Å². The van der Waals surface area contributed by atoms with Gasteiger partial charge in [0.2, 0.25) is 11.7 Å². The molecule has 0 aliphatic carbocycles. The minimum Gasteiger partial charge on any atom is -0.491 e. The van der Waals surface area contributed by atoms with E-state index in [4.69, 9.17) is 25.6 Å². The first-order chi connectivity index (χ1) is 15.6. The zero-order valence-corrected chi connectivity index (χ0v) is 18.6. The number of hydrogen-bond acceptors (Lipinski definition) is 7. The lowest BCUT2D eigenvalue weighted by Crippen LogP contribution is -2.49. The number of nitrogens with zero attached hydrogens (tertiary/aromatic N) is 4. The summed E-state index contributed by atoms with van der Waals surface area (Å²) in [5, 5.41) is 4.43. The van der Waals surface area contributed by atoms with Gasteiger partial charge in [-0.2, -0.15) is 4.98 Å². The van der Waals surface area contributed by atoms with E-state index in [2.05, 4.69) is 15.0 Å². The Bertz CT molecular complexity index is 1050. The fourth-order valence-corrected chi connectivity index (χ4v) is 3.69. The van der Waals surface area contributed by atoms with Crippen molar-refractivity contribution in [3.05, 3.63) is 70.8 Å². The molecule has 1 aliphatic heterocycles. The largest absolute Gasteiger partial charge is 0.491 e. The lowest BCUT2D eigenvalue weighted by atomic mass is 10.1. The molecule has 4 rings (SSSR count). The third-order valence-electron chi connectivity index (χ3n) is 5.21. The van der Waals surface area contributed by atoms with Crippen molar-refractivity contribution in [2.75, 3.05) is 39.3 Å². The molecule has 0 bridgehead atoms. The van der Waals surface area contributed by atoms with E-state index in [1.807, 2.05) is 41.3 Å². The summed E-state index contributed by atoms with van der Waals surface area (Å²) in [5.74, 6) is 2.07. The highest BCUT2D eigenvalue weighted by Crippen LogP contribution is 2.23. The van der Waals surface area contributed by atoms with Gasteiger partial charge in [-0.15, -0.1) is 0 Å². The molecule has 8 nitrogen and oxygen atoms in total. The third kappa shape index (κ3) is 5.57. The molecule has 0 spiro atoms. The fourth-order valence-electron chi connectivity index (χ4n) is 3.50. The van der Waals surface area contributed by atoms with Crippen molar-refractivity contribution >= 4 is 17.5 Å². The predicted octanol–water partition coefficient (Wildman–Crippen LogP) is 3.45. The summed E-state index contributed by atoms with van der Waals surface area (Å²) in [6.45, 7) is 6.02. The molecule has 1 fully saturated rings. The molecule has 0 saturated carbocycles. The number of hydrogen-bond donors (Lipinski definition) is 0. The Hall–Kier alpha value is -3.10. The van der Waals surface area contributed by atoms with E-state index in [9.17, 15) is 4.79 Å². The highest BCUT2D eigenvalue weighted by molar-refractivity contribution is 6.32. The van der Waals surface area contributed by atoms with Crippen molar-refractivity contribution in [2.45, 2.75) is 13.5 Å². The van der Waals surface area contributed by atoms with Crippen LogP contribution < -0.4 is 9.47 Å². The number of ether oxygens (including phenoxy) is 2. The zero-order valence-electron chi connectivity index (χ0n) is 17.9. The number of halogens is 1. The number of para-hydroxylation sites is 2. The Labute approximate surface area is 191 Å². The number of carbonyl (C=O) groups is 1. The maximum Gasteiger partial charge on any atom is 0.257 e. The van der Waals surface area contributed by atoms with Crippen molar-refractivity contribution in [3.63, 3.8) is 0 Å². The summed E-state index contributed by atoms with van der Waals surface area (Å²) in [4.78, 5) is 21.4. The van der Waals surface area contributed by atoms with Crippen LogP contribution in [0.15, 0.2) is 53.1 Å². The highest BCUT2D eigenvalue weighted by atomic mass is 35.5. The molecule has 0 unspecified atom stereocenters. The number of aromatic nitrogens is 2. The molecule has 0 atom stereocenters. The van der Waals surface area contributed by atoms with E-state index in [1.54, 1.807) is 19.1 Å². The molecular formula is C23H25ClN4O4. The average molecular weight is 457 g/mol. The molecule has 3 aromatic rings. The topological polar surface area (TPSA) is 80.9 Å². The summed E-state index contributed by atoms with van der Waals surface area (Å²) in [7, 11) is 0. The molecule has 9 heteroatoms. The first-order valence-electron chi connectivity index (χ1n) is 10.5. The van der Waals surface area contributed by atoms with Crippen LogP contribution in [0.25, 0.3) is 0 Å². The smallest absolute Gasteiger partial charge is 0.257 e. The van der Waals surface area contributed by atoms with E-state index in [0.29, 0.717) is 53.5 Å². The molecule has 0 N–H and O–H groups in total. The average Bonchev–Trinajstić information content (AvgIpc) is 3.24. The van der Waals surface area contributed by atoms with Crippen molar-refractivity contribution in [3.8, 4) is 11.5 Å². The van der Waals surface area contributed by atoms with Gasteiger partial charge < -0.3 is 18.9 Å². The molecule has 1 aromatic heterocycles. The van der Waals surface area contributed by atoms with Crippen molar-refractivity contribution in [1.82, 2.24) is 19.9 Å². The second-order valence-corrected chi connectivity index (χ2v) is 7.83. The lowest BCUT2D eigenvalue weighted by molar-refractivity contribution is 0.0615. The molecule has 1 saturated heterocycles. The Kier molecular flexibility index (Phi) is 7.24. The first-order valence-corrected chi connectivity index (χ1v) is 10.9. The second kappa shape index (κ2) is 10.5. The second-order valence-electron chi connectivity index (χ2n) is 7.43. The van der Waals surface area contributed by atoms with Gasteiger partial charge in [0.15, 0.2) is 6.61 Å². The number of amides is 1. The maximum atomic E-state index is 13.1. The standard InChI is InChI=1S/C23H25ClN4O4/c1-17-25-22(26-32-17)16-31-20-8-4-2-6-18(20)23(29)28-12-10-27(11-13-28)14-15-30-21-9-5-3-7-19(21)24/h2-9H,10-16H2,1H3. The summed E-state index contributed by atoms with van der Waals surface area (Å²) in [6.07, 6.45) is 0. The van der Waals surface area contributed by atoms with Gasteiger partial charge in [-0.05, 0) is 24.3 Å². The predicted molar refractivity (Wildman–Crippen MR) is 119 cm³/mol. The fraction of sp³-hybridized carbons (Fsp3) is 0.348. The van der Waals surface area contributed by atoms with Gasteiger partial charge in [0.1, 0.15) is 18.1 Å². The Balaban J connectivity index is 1.27. The molecule has 2 heterocycles. The monoisotopic (exact) mass is 456 g/mol. The summed E-state index contributed by atoms with van der Waals surface area (Å²) in [6, 6.07) is 14.7. The van der Waals surface area contributed by atoms with E-state index in [1.165, 1.54) is 0 Å². The Morgan fingerprint density at radius 3 is 2.47 bits per heavy atom. The van der Waals surface area contributed by atoms with Crippen LogP contribution in [0.3, 0.4) is 0 Å². The van der Waals surface area contributed by atoms with E-state index in [0.717, 1.165) is 19.6 Å². The molecule has 1 aliphatic rings. The van der Waals surface area contributed by atoms with E-state index in [-0.39, 0.29) is 12.5 Å².